The van der Waals surface area contributed by atoms with Crippen LogP contribution in [0.2, 0.25) is 0 Å². The van der Waals surface area contributed by atoms with E-state index in [-0.39, 0.29) is 5.91 Å². The highest BCUT2D eigenvalue weighted by molar-refractivity contribution is 5.76. The minimum absolute atomic E-state index is 0.127. The van der Waals surface area contributed by atoms with Crippen LogP contribution in [0.5, 0.6) is 0 Å². The quantitative estimate of drug-likeness (QED) is 0.759. The maximum absolute atomic E-state index is 11.9. The zero-order valence-corrected chi connectivity index (χ0v) is 11.6. The molecule has 0 bridgehead atoms. The molecule has 0 saturated heterocycles. The second-order valence-electron chi connectivity index (χ2n) is 5.68. The van der Waals surface area contributed by atoms with Crippen molar-refractivity contribution in [2.45, 2.75) is 53.1 Å². The first-order valence-corrected chi connectivity index (χ1v) is 6.13. The van der Waals surface area contributed by atoms with Crippen LogP contribution in [0, 0.1) is 11.8 Å². The summed E-state index contributed by atoms with van der Waals surface area (Å²) in [5.41, 5.74) is -0.816. The largest absolute Gasteiger partial charge is 0.389 e. The highest BCUT2D eigenvalue weighted by Gasteiger charge is 2.22. The van der Waals surface area contributed by atoms with Gasteiger partial charge in [0, 0.05) is 20.0 Å². The second kappa shape index (κ2) is 6.24. The van der Waals surface area contributed by atoms with E-state index in [9.17, 15) is 9.90 Å². The van der Waals surface area contributed by atoms with E-state index in [4.69, 9.17) is 0 Å². The lowest BCUT2D eigenvalue weighted by atomic mass is 9.89. The second-order valence-corrected chi connectivity index (χ2v) is 5.68. The van der Waals surface area contributed by atoms with E-state index in [1.807, 2.05) is 0 Å². The number of amides is 1. The van der Waals surface area contributed by atoms with Gasteiger partial charge in [-0.1, -0.05) is 27.2 Å². The van der Waals surface area contributed by atoms with E-state index < -0.39 is 5.60 Å². The van der Waals surface area contributed by atoms with Crippen LogP contribution in [-0.4, -0.2) is 35.1 Å². The topological polar surface area (TPSA) is 40.5 Å². The molecule has 0 radical (unpaired) electrons. The first-order chi connectivity index (χ1) is 7.17. The molecule has 96 valence electrons. The van der Waals surface area contributed by atoms with Crippen molar-refractivity contribution in [2.24, 2.45) is 11.8 Å². The van der Waals surface area contributed by atoms with Crippen LogP contribution in [-0.2, 0) is 4.79 Å². The molecular formula is C13H27NO2. The summed E-state index contributed by atoms with van der Waals surface area (Å²) in [6.45, 7) is 10.2. The summed E-state index contributed by atoms with van der Waals surface area (Å²) in [7, 11) is 1.76. The van der Waals surface area contributed by atoms with Crippen molar-refractivity contribution in [2.75, 3.05) is 13.6 Å². The summed E-state index contributed by atoms with van der Waals surface area (Å²) in [6.07, 6.45) is 1.61. The molecule has 1 amide bonds. The zero-order valence-electron chi connectivity index (χ0n) is 11.6. The number of hydrogen-bond donors (Lipinski definition) is 1. The molecule has 0 aliphatic rings. The molecular weight excluding hydrogens is 202 g/mol. The number of carbonyl (C=O) groups excluding carboxylic acids is 1. The van der Waals surface area contributed by atoms with Crippen molar-refractivity contribution >= 4 is 5.91 Å². The van der Waals surface area contributed by atoms with Gasteiger partial charge in [0.2, 0.25) is 5.91 Å². The number of hydrogen-bond acceptors (Lipinski definition) is 2. The summed E-state index contributed by atoms with van der Waals surface area (Å²) < 4.78 is 0. The molecule has 0 fully saturated rings. The molecule has 1 unspecified atom stereocenters. The summed E-state index contributed by atoms with van der Waals surface area (Å²) >= 11 is 0. The van der Waals surface area contributed by atoms with E-state index in [0.717, 1.165) is 6.42 Å². The molecule has 0 rings (SSSR count). The molecule has 0 aromatic rings. The van der Waals surface area contributed by atoms with Crippen molar-refractivity contribution in [1.29, 1.82) is 0 Å². The predicted octanol–water partition coefficient (Wildman–Crippen LogP) is 2.29. The Morgan fingerprint density at radius 2 is 1.88 bits per heavy atom. The lowest BCUT2D eigenvalue weighted by Crippen LogP contribution is -2.40. The normalized spacial score (nSPS) is 14.0. The molecule has 0 spiro atoms. The van der Waals surface area contributed by atoms with Crippen LogP contribution in [0.1, 0.15) is 47.5 Å². The number of nitrogens with zero attached hydrogens (tertiary/aromatic N) is 1. The van der Waals surface area contributed by atoms with Gasteiger partial charge < -0.3 is 10.0 Å². The Kier molecular flexibility index (Phi) is 6.01. The Morgan fingerprint density at radius 3 is 2.19 bits per heavy atom. The number of rotatable bonds is 6. The maximum Gasteiger partial charge on any atom is 0.222 e. The van der Waals surface area contributed by atoms with Gasteiger partial charge in [-0.05, 0) is 25.7 Å². The Morgan fingerprint density at radius 1 is 1.38 bits per heavy atom. The van der Waals surface area contributed by atoms with Crippen LogP contribution < -0.4 is 0 Å². The Labute approximate surface area is 99.8 Å². The molecule has 0 saturated carbocycles. The first kappa shape index (κ1) is 15.4. The van der Waals surface area contributed by atoms with Crippen molar-refractivity contribution < 1.29 is 9.90 Å². The smallest absolute Gasteiger partial charge is 0.222 e. The van der Waals surface area contributed by atoms with Gasteiger partial charge in [0.05, 0.1) is 5.60 Å². The fraction of sp³-hybridized carbons (Fsp3) is 0.923. The molecule has 0 heterocycles. The highest BCUT2D eigenvalue weighted by atomic mass is 16.3. The van der Waals surface area contributed by atoms with Gasteiger partial charge >= 0.3 is 0 Å². The van der Waals surface area contributed by atoms with Crippen LogP contribution >= 0.6 is 0 Å². The van der Waals surface area contributed by atoms with Crippen molar-refractivity contribution in [3.8, 4) is 0 Å². The average Bonchev–Trinajstić information content (AvgIpc) is 2.10. The third-order valence-electron chi connectivity index (χ3n) is 2.95. The van der Waals surface area contributed by atoms with E-state index in [2.05, 4.69) is 20.8 Å². The van der Waals surface area contributed by atoms with E-state index in [0.29, 0.717) is 24.8 Å². The fourth-order valence-corrected chi connectivity index (χ4v) is 1.90. The van der Waals surface area contributed by atoms with E-state index in [1.165, 1.54) is 0 Å². The Hall–Kier alpha value is -0.570. The minimum Gasteiger partial charge on any atom is -0.389 e. The molecule has 0 aromatic carbocycles. The molecule has 3 heteroatoms. The molecule has 3 nitrogen and oxygen atoms in total. The van der Waals surface area contributed by atoms with Gasteiger partial charge in [-0.2, -0.15) is 0 Å². The minimum atomic E-state index is -0.816. The van der Waals surface area contributed by atoms with Gasteiger partial charge in [0.15, 0.2) is 0 Å². The maximum atomic E-state index is 11.9. The molecule has 1 atom stereocenters. The number of carbonyl (C=O) groups is 1. The molecule has 16 heavy (non-hydrogen) atoms. The first-order valence-electron chi connectivity index (χ1n) is 6.13. The highest BCUT2D eigenvalue weighted by Crippen LogP contribution is 2.20. The van der Waals surface area contributed by atoms with Crippen LogP contribution in [0.3, 0.4) is 0 Å². The predicted molar refractivity (Wildman–Crippen MR) is 67.2 cm³/mol. The lowest BCUT2D eigenvalue weighted by molar-refractivity contribution is -0.133. The molecule has 0 aliphatic carbocycles. The third kappa shape index (κ3) is 6.11. The monoisotopic (exact) mass is 229 g/mol. The summed E-state index contributed by atoms with van der Waals surface area (Å²) in [5.74, 6) is 1.10. The summed E-state index contributed by atoms with van der Waals surface area (Å²) in [4.78, 5) is 13.5. The van der Waals surface area contributed by atoms with Gasteiger partial charge in [-0.25, -0.2) is 0 Å². The Bertz CT molecular complexity index is 218. The zero-order chi connectivity index (χ0) is 12.9. The average molecular weight is 229 g/mol. The standard InChI is InChI=1S/C13H27NO2/c1-7-11(10(2)3)8-12(15)14(6)9-13(4,5)16/h10-11,16H,7-9H2,1-6H3. The van der Waals surface area contributed by atoms with Crippen LogP contribution in [0.25, 0.3) is 0 Å². The van der Waals surface area contributed by atoms with Crippen molar-refractivity contribution in [1.82, 2.24) is 4.90 Å². The van der Waals surface area contributed by atoms with Gasteiger partial charge in [-0.15, -0.1) is 0 Å². The van der Waals surface area contributed by atoms with E-state index >= 15 is 0 Å². The van der Waals surface area contributed by atoms with Crippen LogP contribution in [0.4, 0.5) is 0 Å². The van der Waals surface area contributed by atoms with Gasteiger partial charge in [0.1, 0.15) is 0 Å². The van der Waals surface area contributed by atoms with E-state index in [1.54, 1.807) is 25.8 Å². The molecule has 0 aromatic heterocycles. The number of aliphatic hydroxyl groups is 1. The SMILES string of the molecule is CCC(CC(=O)N(C)CC(C)(C)O)C(C)C. The van der Waals surface area contributed by atoms with Gasteiger partial charge in [0.25, 0.3) is 0 Å². The van der Waals surface area contributed by atoms with Crippen LogP contribution in [0.15, 0.2) is 0 Å². The Balaban J connectivity index is 4.24. The van der Waals surface area contributed by atoms with Crippen molar-refractivity contribution in [3.05, 3.63) is 0 Å². The van der Waals surface area contributed by atoms with Crippen molar-refractivity contribution in [3.63, 3.8) is 0 Å². The van der Waals surface area contributed by atoms with Gasteiger partial charge in [-0.3, -0.25) is 4.79 Å². The number of likely N-dealkylation sites (N-methyl/N-ethyl adjacent to an activating group) is 1. The lowest BCUT2D eigenvalue weighted by Gasteiger charge is -2.27. The molecule has 0 aliphatic heterocycles. The molecule has 1 N–H and O–H groups in total. The fourth-order valence-electron chi connectivity index (χ4n) is 1.90. The summed E-state index contributed by atoms with van der Waals surface area (Å²) in [5, 5.41) is 9.64. The third-order valence-corrected chi connectivity index (χ3v) is 2.95. The summed E-state index contributed by atoms with van der Waals surface area (Å²) in [6, 6.07) is 0.